The van der Waals surface area contributed by atoms with E-state index >= 15 is 0 Å². The van der Waals surface area contributed by atoms with E-state index in [9.17, 15) is 4.39 Å². The average molecular weight is 291 g/mol. The van der Waals surface area contributed by atoms with Gasteiger partial charge in [0, 0.05) is 12.6 Å². The van der Waals surface area contributed by atoms with E-state index < -0.39 is 0 Å². The SMILES string of the molecule is CCCCC(CC)(CNC1CC1)Cc1cc(F)ccc1C. The lowest BCUT2D eigenvalue weighted by atomic mass is 9.74. The molecule has 0 heterocycles. The molecule has 0 spiro atoms. The van der Waals surface area contributed by atoms with Crippen molar-refractivity contribution in [3.8, 4) is 0 Å². The summed E-state index contributed by atoms with van der Waals surface area (Å²) in [5.41, 5.74) is 2.68. The zero-order valence-electron chi connectivity index (χ0n) is 13.8. The monoisotopic (exact) mass is 291 g/mol. The Morgan fingerprint density at radius 2 is 2.05 bits per heavy atom. The predicted molar refractivity (Wildman–Crippen MR) is 88.1 cm³/mol. The van der Waals surface area contributed by atoms with Crippen molar-refractivity contribution in [3.63, 3.8) is 0 Å². The molecule has 1 unspecified atom stereocenters. The lowest BCUT2D eigenvalue weighted by molar-refractivity contribution is 0.227. The molecule has 21 heavy (non-hydrogen) atoms. The van der Waals surface area contributed by atoms with Crippen molar-refractivity contribution < 1.29 is 4.39 Å². The molecule has 1 aliphatic rings. The largest absolute Gasteiger partial charge is 0.313 e. The maximum atomic E-state index is 13.6. The molecule has 0 aromatic heterocycles. The highest BCUT2D eigenvalue weighted by molar-refractivity contribution is 5.28. The van der Waals surface area contributed by atoms with Gasteiger partial charge in [0.05, 0.1) is 0 Å². The van der Waals surface area contributed by atoms with Crippen LogP contribution in [0.15, 0.2) is 18.2 Å². The van der Waals surface area contributed by atoms with Gasteiger partial charge in [-0.1, -0.05) is 32.8 Å². The van der Waals surface area contributed by atoms with Crippen molar-refractivity contribution in [3.05, 3.63) is 35.1 Å². The van der Waals surface area contributed by atoms with Gasteiger partial charge in [-0.2, -0.15) is 0 Å². The fraction of sp³-hybridized carbons (Fsp3) is 0.684. The number of hydrogen-bond acceptors (Lipinski definition) is 1. The van der Waals surface area contributed by atoms with Crippen molar-refractivity contribution >= 4 is 0 Å². The Bertz CT molecular complexity index is 453. The molecular weight excluding hydrogens is 261 g/mol. The zero-order valence-corrected chi connectivity index (χ0v) is 13.8. The average Bonchev–Trinajstić information content (AvgIpc) is 3.30. The number of benzene rings is 1. The van der Waals surface area contributed by atoms with Gasteiger partial charge in [-0.3, -0.25) is 0 Å². The second kappa shape index (κ2) is 7.40. The van der Waals surface area contributed by atoms with Crippen LogP contribution < -0.4 is 5.32 Å². The lowest BCUT2D eigenvalue weighted by Crippen LogP contribution is -2.37. The van der Waals surface area contributed by atoms with E-state index in [-0.39, 0.29) is 11.2 Å². The standard InChI is InChI=1S/C19H30FN/c1-4-6-11-19(5-2,14-21-18-9-10-18)13-16-12-17(20)8-7-15(16)3/h7-8,12,18,21H,4-6,9-11,13-14H2,1-3H3. The van der Waals surface area contributed by atoms with E-state index in [0.717, 1.165) is 25.4 Å². The summed E-state index contributed by atoms with van der Waals surface area (Å²) >= 11 is 0. The van der Waals surface area contributed by atoms with Crippen LogP contribution in [0.25, 0.3) is 0 Å². The van der Waals surface area contributed by atoms with Gasteiger partial charge < -0.3 is 5.32 Å². The molecule has 1 aromatic rings. The Kier molecular flexibility index (Phi) is 5.80. The van der Waals surface area contributed by atoms with Crippen molar-refractivity contribution in [2.75, 3.05) is 6.54 Å². The smallest absolute Gasteiger partial charge is 0.123 e. The number of unbranched alkanes of at least 4 members (excludes halogenated alkanes) is 1. The number of hydrogen-bond donors (Lipinski definition) is 1. The van der Waals surface area contributed by atoms with Gasteiger partial charge in [0.1, 0.15) is 5.82 Å². The number of aryl methyl sites for hydroxylation is 1. The van der Waals surface area contributed by atoms with Gasteiger partial charge in [0.25, 0.3) is 0 Å². The molecule has 0 aliphatic heterocycles. The van der Waals surface area contributed by atoms with Crippen LogP contribution in [0.1, 0.15) is 63.5 Å². The van der Waals surface area contributed by atoms with Crippen LogP contribution in [0.3, 0.4) is 0 Å². The van der Waals surface area contributed by atoms with Gasteiger partial charge >= 0.3 is 0 Å². The Morgan fingerprint density at radius 3 is 2.67 bits per heavy atom. The molecule has 118 valence electrons. The quantitative estimate of drug-likeness (QED) is 0.674. The number of halogens is 1. The highest BCUT2D eigenvalue weighted by Crippen LogP contribution is 2.35. The third-order valence-corrected chi connectivity index (χ3v) is 5.03. The Labute approximate surface area is 129 Å². The molecular formula is C19H30FN. The van der Waals surface area contributed by atoms with Gasteiger partial charge in [-0.25, -0.2) is 4.39 Å². The topological polar surface area (TPSA) is 12.0 Å². The molecule has 1 aromatic carbocycles. The Morgan fingerprint density at radius 1 is 1.29 bits per heavy atom. The molecule has 0 bridgehead atoms. The van der Waals surface area contributed by atoms with Crippen LogP contribution in [0.4, 0.5) is 4.39 Å². The highest BCUT2D eigenvalue weighted by Gasteiger charge is 2.31. The van der Waals surface area contributed by atoms with Crippen LogP contribution in [-0.2, 0) is 6.42 Å². The van der Waals surface area contributed by atoms with E-state index in [1.807, 2.05) is 6.07 Å². The summed E-state index contributed by atoms with van der Waals surface area (Å²) in [6, 6.07) is 5.97. The maximum Gasteiger partial charge on any atom is 0.123 e. The molecule has 2 rings (SSSR count). The second-order valence-corrected chi connectivity index (χ2v) is 6.86. The van der Waals surface area contributed by atoms with Gasteiger partial charge in [-0.15, -0.1) is 0 Å². The third-order valence-electron chi connectivity index (χ3n) is 5.03. The Hall–Kier alpha value is -0.890. The van der Waals surface area contributed by atoms with Crippen molar-refractivity contribution in [2.45, 2.75) is 71.8 Å². The molecule has 1 aliphatic carbocycles. The first-order valence-corrected chi connectivity index (χ1v) is 8.57. The summed E-state index contributed by atoms with van der Waals surface area (Å²) in [7, 11) is 0. The van der Waals surface area contributed by atoms with Crippen LogP contribution in [0.5, 0.6) is 0 Å². The van der Waals surface area contributed by atoms with Crippen molar-refractivity contribution in [2.24, 2.45) is 5.41 Å². The van der Waals surface area contributed by atoms with Crippen LogP contribution >= 0.6 is 0 Å². The molecule has 0 amide bonds. The summed E-state index contributed by atoms with van der Waals surface area (Å²) in [6.45, 7) is 7.72. The van der Waals surface area contributed by atoms with Gasteiger partial charge in [0.2, 0.25) is 0 Å². The zero-order chi connectivity index (χ0) is 15.3. The molecule has 1 nitrogen and oxygen atoms in total. The second-order valence-electron chi connectivity index (χ2n) is 6.86. The van der Waals surface area contributed by atoms with E-state index in [1.54, 1.807) is 12.1 Å². The molecule has 0 saturated heterocycles. The first kappa shape index (κ1) is 16.5. The number of nitrogens with one attached hydrogen (secondary N) is 1. The van der Waals surface area contributed by atoms with Crippen LogP contribution in [-0.4, -0.2) is 12.6 Å². The normalized spacial score (nSPS) is 17.7. The molecule has 1 fully saturated rings. The van der Waals surface area contributed by atoms with Gasteiger partial charge in [-0.05, 0) is 67.7 Å². The first-order valence-electron chi connectivity index (χ1n) is 8.57. The number of rotatable bonds is 9. The van der Waals surface area contributed by atoms with E-state index in [2.05, 4.69) is 26.1 Å². The minimum Gasteiger partial charge on any atom is -0.313 e. The van der Waals surface area contributed by atoms with Crippen LogP contribution in [0.2, 0.25) is 0 Å². The summed E-state index contributed by atoms with van der Waals surface area (Å²) in [5.74, 6) is -0.105. The van der Waals surface area contributed by atoms with E-state index in [4.69, 9.17) is 0 Å². The molecule has 1 saturated carbocycles. The molecule has 1 N–H and O–H groups in total. The maximum absolute atomic E-state index is 13.6. The van der Waals surface area contributed by atoms with Crippen molar-refractivity contribution in [1.82, 2.24) is 5.32 Å². The highest BCUT2D eigenvalue weighted by atomic mass is 19.1. The van der Waals surface area contributed by atoms with E-state index in [1.165, 1.54) is 43.2 Å². The summed E-state index contributed by atoms with van der Waals surface area (Å²) < 4.78 is 13.6. The molecule has 1 atom stereocenters. The first-order chi connectivity index (χ1) is 10.1. The summed E-state index contributed by atoms with van der Waals surface area (Å²) in [4.78, 5) is 0. The third kappa shape index (κ3) is 4.81. The lowest BCUT2D eigenvalue weighted by Gasteiger charge is -2.34. The minimum atomic E-state index is -0.105. The molecule has 2 heteroatoms. The summed E-state index contributed by atoms with van der Waals surface area (Å²) in [6.07, 6.45) is 8.52. The van der Waals surface area contributed by atoms with Gasteiger partial charge in [0.15, 0.2) is 0 Å². The minimum absolute atomic E-state index is 0.105. The molecule has 0 radical (unpaired) electrons. The van der Waals surface area contributed by atoms with E-state index in [0.29, 0.717) is 0 Å². The Balaban J connectivity index is 2.13. The van der Waals surface area contributed by atoms with Crippen molar-refractivity contribution in [1.29, 1.82) is 0 Å². The fourth-order valence-corrected chi connectivity index (χ4v) is 3.10. The predicted octanol–water partition coefficient (Wildman–Crippen LogP) is 5.02. The van der Waals surface area contributed by atoms with Crippen LogP contribution in [0, 0.1) is 18.2 Å². The summed E-state index contributed by atoms with van der Waals surface area (Å²) in [5, 5.41) is 3.72. The fourth-order valence-electron chi connectivity index (χ4n) is 3.10.